The highest BCUT2D eigenvalue weighted by molar-refractivity contribution is 5.93. The minimum Gasteiger partial charge on any atom is -0.479 e. The molecule has 24 heavy (non-hydrogen) atoms. The summed E-state index contributed by atoms with van der Waals surface area (Å²) in [6.45, 7) is 6.12. The second-order valence-corrected chi connectivity index (χ2v) is 6.32. The third kappa shape index (κ3) is 4.42. The van der Waals surface area contributed by atoms with Crippen molar-refractivity contribution in [3.8, 4) is 0 Å². The van der Waals surface area contributed by atoms with Gasteiger partial charge < -0.3 is 25.2 Å². The van der Waals surface area contributed by atoms with Gasteiger partial charge in [0.25, 0.3) is 5.91 Å². The topological polar surface area (TPSA) is 112 Å². The van der Waals surface area contributed by atoms with E-state index in [0.29, 0.717) is 13.1 Å². The highest BCUT2D eigenvalue weighted by Crippen LogP contribution is 2.20. The first-order valence-corrected chi connectivity index (χ1v) is 7.79. The van der Waals surface area contributed by atoms with Crippen LogP contribution in [0.5, 0.6) is 0 Å². The number of aromatic nitrogens is 1. The van der Waals surface area contributed by atoms with Gasteiger partial charge in [-0.15, -0.1) is 0 Å². The van der Waals surface area contributed by atoms with Crippen molar-refractivity contribution in [3.05, 3.63) is 24.0 Å². The molecule has 1 fully saturated rings. The molecule has 0 spiro atoms. The zero-order chi connectivity index (χ0) is 17.9. The summed E-state index contributed by atoms with van der Waals surface area (Å²) in [6, 6.07) is 3.46. The molecule has 3 unspecified atom stereocenters. The molecule has 8 nitrogen and oxygen atoms in total. The van der Waals surface area contributed by atoms with E-state index in [9.17, 15) is 14.7 Å². The number of carbonyl (C=O) groups is 2. The molecule has 0 radical (unpaired) electrons. The maximum atomic E-state index is 12.2. The van der Waals surface area contributed by atoms with Gasteiger partial charge in [-0.05, 0) is 32.9 Å². The largest absolute Gasteiger partial charge is 0.479 e. The van der Waals surface area contributed by atoms with E-state index in [4.69, 9.17) is 9.84 Å². The fourth-order valence-electron chi connectivity index (χ4n) is 2.55. The number of carbonyl (C=O) groups excluding carboxylic acids is 1. The number of hydrogen-bond acceptors (Lipinski definition) is 6. The van der Waals surface area contributed by atoms with Crippen LogP contribution in [-0.4, -0.2) is 64.5 Å². The molecule has 1 aliphatic rings. The number of aliphatic hydroxyl groups is 1. The Kier molecular flexibility index (Phi) is 5.40. The van der Waals surface area contributed by atoms with Gasteiger partial charge in [-0.2, -0.15) is 0 Å². The number of hydrogen-bond donors (Lipinski definition) is 3. The molecular weight excluding hydrogens is 314 g/mol. The number of morpholine rings is 1. The highest BCUT2D eigenvalue weighted by atomic mass is 16.5. The average Bonchev–Trinajstić information content (AvgIpc) is 2.51. The van der Waals surface area contributed by atoms with Crippen LogP contribution in [0.15, 0.2) is 18.3 Å². The van der Waals surface area contributed by atoms with Crippen molar-refractivity contribution in [1.29, 1.82) is 0 Å². The van der Waals surface area contributed by atoms with E-state index in [1.807, 2.05) is 19.9 Å². The summed E-state index contributed by atoms with van der Waals surface area (Å²) >= 11 is 0. The van der Waals surface area contributed by atoms with Gasteiger partial charge in [0, 0.05) is 25.0 Å². The molecular formula is C16H23N3O5. The Labute approximate surface area is 140 Å². The molecule has 1 aromatic rings. The second kappa shape index (κ2) is 7.14. The third-order valence-electron chi connectivity index (χ3n) is 3.81. The van der Waals surface area contributed by atoms with Crippen molar-refractivity contribution >= 4 is 17.6 Å². The summed E-state index contributed by atoms with van der Waals surface area (Å²) in [5.41, 5.74) is -1.01. The molecule has 3 atom stereocenters. The summed E-state index contributed by atoms with van der Waals surface area (Å²) in [7, 11) is 0. The fraction of sp³-hybridized carbons (Fsp3) is 0.562. The Morgan fingerprint density at radius 1 is 1.42 bits per heavy atom. The maximum Gasteiger partial charge on any atom is 0.337 e. The van der Waals surface area contributed by atoms with Crippen LogP contribution in [-0.2, 0) is 9.53 Å². The second-order valence-electron chi connectivity index (χ2n) is 6.32. The van der Waals surface area contributed by atoms with Crippen LogP contribution in [0.3, 0.4) is 0 Å². The SMILES string of the molecule is CC1CN(c2ccnc(C(=O)NCC(C)(O)C(=O)O)c2)CC(C)O1. The minimum absolute atomic E-state index is 0.0878. The minimum atomic E-state index is -2.03. The first kappa shape index (κ1) is 18.2. The van der Waals surface area contributed by atoms with Crippen LogP contribution in [0.25, 0.3) is 0 Å². The standard InChI is InChI=1S/C16H23N3O5/c1-10-7-19(8-11(2)24-10)12-4-5-17-13(6-12)14(20)18-9-16(3,23)15(21)22/h4-6,10-11,23H,7-9H2,1-3H3,(H,18,20)(H,21,22). The Balaban J connectivity index is 2.07. The van der Waals surface area contributed by atoms with Crippen LogP contribution in [0.4, 0.5) is 5.69 Å². The van der Waals surface area contributed by atoms with Gasteiger partial charge in [0.1, 0.15) is 5.69 Å². The average molecular weight is 337 g/mol. The Hall–Kier alpha value is -2.19. The normalized spacial score (nSPS) is 23.4. The Morgan fingerprint density at radius 3 is 2.62 bits per heavy atom. The van der Waals surface area contributed by atoms with Gasteiger partial charge in [0.15, 0.2) is 5.60 Å². The van der Waals surface area contributed by atoms with E-state index < -0.39 is 24.0 Å². The monoisotopic (exact) mass is 337 g/mol. The van der Waals surface area contributed by atoms with Crippen molar-refractivity contribution in [1.82, 2.24) is 10.3 Å². The van der Waals surface area contributed by atoms with E-state index in [-0.39, 0.29) is 17.9 Å². The smallest absolute Gasteiger partial charge is 0.337 e. The van der Waals surface area contributed by atoms with Gasteiger partial charge in [-0.3, -0.25) is 9.78 Å². The van der Waals surface area contributed by atoms with Crippen molar-refractivity contribution in [3.63, 3.8) is 0 Å². The first-order valence-electron chi connectivity index (χ1n) is 7.79. The van der Waals surface area contributed by atoms with Crippen molar-refractivity contribution in [2.45, 2.75) is 38.6 Å². The molecule has 1 aromatic heterocycles. The summed E-state index contributed by atoms with van der Waals surface area (Å²) in [4.78, 5) is 29.1. The van der Waals surface area contributed by atoms with Crippen molar-refractivity contribution in [2.75, 3.05) is 24.5 Å². The molecule has 0 aromatic carbocycles. The molecule has 132 valence electrons. The van der Waals surface area contributed by atoms with Crippen LogP contribution < -0.4 is 10.2 Å². The lowest BCUT2D eigenvalue weighted by atomic mass is 10.1. The predicted octanol–water partition coefficient (Wildman–Crippen LogP) is 0.261. The number of nitrogens with one attached hydrogen (secondary N) is 1. The van der Waals surface area contributed by atoms with E-state index in [2.05, 4.69) is 15.2 Å². The molecule has 2 rings (SSSR count). The van der Waals surface area contributed by atoms with Crippen LogP contribution in [0, 0.1) is 0 Å². The first-order chi connectivity index (χ1) is 11.2. The highest BCUT2D eigenvalue weighted by Gasteiger charge is 2.30. The van der Waals surface area contributed by atoms with Crippen molar-refractivity contribution in [2.24, 2.45) is 0 Å². The number of carboxylic acids is 1. The lowest BCUT2D eigenvalue weighted by Gasteiger charge is -2.36. The summed E-state index contributed by atoms with van der Waals surface area (Å²) < 4.78 is 5.69. The number of pyridine rings is 1. The summed E-state index contributed by atoms with van der Waals surface area (Å²) in [6.07, 6.45) is 1.71. The lowest BCUT2D eigenvalue weighted by molar-refractivity contribution is -0.155. The summed E-state index contributed by atoms with van der Waals surface area (Å²) in [5.74, 6) is -1.94. The molecule has 1 amide bonds. The van der Waals surface area contributed by atoms with E-state index in [1.165, 1.54) is 6.20 Å². The van der Waals surface area contributed by atoms with Crippen LogP contribution in [0.2, 0.25) is 0 Å². The number of nitrogens with zero attached hydrogens (tertiary/aromatic N) is 2. The molecule has 0 saturated carbocycles. The molecule has 2 heterocycles. The van der Waals surface area contributed by atoms with Gasteiger partial charge >= 0.3 is 5.97 Å². The van der Waals surface area contributed by atoms with E-state index in [1.54, 1.807) is 6.07 Å². The number of carboxylic acid groups (broad SMARTS) is 1. The summed E-state index contributed by atoms with van der Waals surface area (Å²) in [5, 5.41) is 20.9. The number of amides is 1. The molecule has 1 aliphatic heterocycles. The fourth-order valence-corrected chi connectivity index (χ4v) is 2.55. The third-order valence-corrected chi connectivity index (χ3v) is 3.81. The quantitative estimate of drug-likeness (QED) is 0.706. The molecule has 1 saturated heterocycles. The molecule has 3 N–H and O–H groups in total. The number of ether oxygens (including phenoxy) is 1. The maximum absolute atomic E-state index is 12.2. The predicted molar refractivity (Wildman–Crippen MR) is 87.1 cm³/mol. The zero-order valence-corrected chi connectivity index (χ0v) is 14.0. The molecule has 0 bridgehead atoms. The van der Waals surface area contributed by atoms with Crippen LogP contribution >= 0.6 is 0 Å². The van der Waals surface area contributed by atoms with E-state index in [0.717, 1.165) is 12.6 Å². The number of anilines is 1. The Morgan fingerprint density at radius 2 is 2.04 bits per heavy atom. The molecule has 8 heteroatoms. The van der Waals surface area contributed by atoms with Crippen molar-refractivity contribution < 1.29 is 24.5 Å². The van der Waals surface area contributed by atoms with Gasteiger partial charge in [0.05, 0.1) is 18.8 Å². The zero-order valence-electron chi connectivity index (χ0n) is 14.0. The van der Waals surface area contributed by atoms with Gasteiger partial charge in [0.2, 0.25) is 0 Å². The van der Waals surface area contributed by atoms with Gasteiger partial charge in [-0.25, -0.2) is 4.79 Å². The van der Waals surface area contributed by atoms with E-state index >= 15 is 0 Å². The number of rotatable bonds is 5. The lowest BCUT2D eigenvalue weighted by Crippen LogP contribution is -2.47. The van der Waals surface area contributed by atoms with Crippen LogP contribution in [0.1, 0.15) is 31.3 Å². The Bertz CT molecular complexity index is 609. The molecule has 0 aliphatic carbocycles. The number of aliphatic carboxylic acids is 1. The van der Waals surface area contributed by atoms with Gasteiger partial charge in [-0.1, -0.05) is 0 Å².